The Kier molecular flexibility index (Phi) is 5.51. The molecule has 2 aliphatic rings. The van der Waals surface area contributed by atoms with Gasteiger partial charge in [-0.25, -0.2) is 9.18 Å². The zero-order valence-electron chi connectivity index (χ0n) is 16.5. The van der Waals surface area contributed by atoms with Gasteiger partial charge in [0.15, 0.2) is 0 Å². The van der Waals surface area contributed by atoms with Crippen LogP contribution in [0.5, 0.6) is 0 Å². The molecule has 0 spiro atoms. The minimum Gasteiger partial charge on any atom is -0.349 e. The quantitative estimate of drug-likeness (QED) is 0.805. The van der Waals surface area contributed by atoms with Crippen LogP contribution in [0.2, 0.25) is 0 Å². The van der Waals surface area contributed by atoms with Crippen molar-refractivity contribution in [1.29, 1.82) is 0 Å². The SMILES string of the molecule is Cc1ccc(C(=O)NC2CC3CCCC(C2)N3C(=O)Nc2ccccc2F)cc1. The van der Waals surface area contributed by atoms with Gasteiger partial charge in [-0.2, -0.15) is 0 Å². The van der Waals surface area contributed by atoms with Gasteiger partial charge in [-0.05, 0) is 63.3 Å². The van der Waals surface area contributed by atoms with Crippen LogP contribution in [-0.2, 0) is 0 Å². The topological polar surface area (TPSA) is 61.4 Å². The summed E-state index contributed by atoms with van der Waals surface area (Å²) >= 11 is 0. The van der Waals surface area contributed by atoms with E-state index in [0.29, 0.717) is 5.56 Å². The van der Waals surface area contributed by atoms with Crippen molar-refractivity contribution in [3.05, 3.63) is 65.5 Å². The van der Waals surface area contributed by atoms with Crippen molar-refractivity contribution < 1.29 is 14.0 Å². The summed E-state index contributed by atoms with van der Waals surface area (Å²) in [5.41, 5.74) is 1.97. The number of hydrogen-bond donors (Lipinski definition) is 2. The number of nitrogens with zero attached hydrogens (tertiary/aromatic N) is 1. The molecule has 4 rings (SSSR count). The number of hydrogen-bond acceptors (Lipinski definition) is 2. The number of piperidine rings is 2. The highest BCUT2D eigenvalue weighted by molar-refractivity contribution is 5.94. The van der Waals surface area contributed by atoms with Gasteiger partial charge in [-0.3, -0.25) is 4.79 Å². The molecule has 2 aromatic rings. The second kappa shape index (κ2) is 8.23. The van der Waals surface area contributed by atoms with Crippen molar-refractivity contribution in [3.63, 3.8) is 0 Å². The van der Waals surface area contributed by atoms with Gasteiger partial charge in [0.2, 0.25) is 0 Å². The van der Waals surface area contributed by atoms with Crippen LogP contribution < -0.4 is 10.6 Å². The van der Waals surface area contributed by atoms with Gasteiger partial charge in [0.05, 0.1) is 5.69 Å². The van der Waals surface area contributed by atoms with Crippen LogP contribution in [0.25, 0.3) is 0 Å². The molecular weight excluding hydrogens is 369 g/mol. The molecule has 5 nitrogen and oxygen atoms in total. The fourth-order valence-corrected chi connectivity index (χ4v) is 4.55. The lowest BCUT2D eigenvalue weighted by Gasteiger charge is -2.48. The van der Waals surface area contributed by atoms with Gasteiger partial charge in [0.1, 0.15) is 5.82 Å². The lowest BCUT2D eigenvalue weighted by atomic mass is 9.82. The fourth-order valence-electron chi connectivity index (χ4n) is 4.55. The molecule has 3 amide bonds. The van der Waals surface area contributed by atoms with Crippen molar-refractivity contribution in [2.24, 2.45) is 0 Å². The fraction of sp³-hybridized carbons (Fsp3) is 0.391. The first-order valence-corrected chi connectivity index (χ1v) is 10.2. The van der Waals surface area contributed by atoms with Gasteiger partial charge in [0.25, 0.3) is 5.91 Å². The number of para-hydroxylation sites is 1. The molecule has 2 fully saturated rings. The molecule has 2 unspecified atom stereocenters. The van der Waals surface area contributed by atoms with E-state index in [1.807, 2.05) is 36.1 Å². The minimum absolute atomic E-state index is 0.0385. The Bertz CT molecular complexity index is 885. The first-order chi connectivity index (χ1) is 14.0. The molecule has 0 radical (unpaired) electrons. The molecule has 2 N–H and O–H groups in total. The smallest absolute Gasteiger partial charge is 0.322 e. The van der Waals surface area contributed by atoms with Gasteiger partial charge in [-0.15, -0.1) is 0 Å². The number of fused-ring (bicyclic) bond motifs is 2. The van der Waals surface area contributed by atoms with Crippen LogP contribution in [-0.4, -0.2) is 35.0 Å². The van der Waals surface area contributed by atoms with E-state index in [4.69, 9.17) is 0 Å². The number of halogens is 1. The van der Waals surface area contributed by atoms with Crippen LogP contribution in [0.3, 0.4) is 0 Å². The third kappa shape index (κ3) is 4.26. The first-order valence-electron chi connectivity index (χ1n) is 10.2. The van der Waals surface area contributed by atoms with Crippen molar-refractivity contribution in [1.82, 2.24) is 10.2 Å². The number of aryl methyl sites for hydroxylation is 1. The van der Waals surface area contributed by atoms with Crippen LogP contribution in [0.15, 0.2) is 48.5 Å². The van der Waals surface area contributed by atoms with E-state index in [1.165, 1.54) is 6.07 Å². The number of urea groups is 1. The van der Waals surface area contributed by atoms with E-state index >= 15 is 0 Å². The maximum absolute atomic E-state index is 13.9. The maximum Gasteiger partial charge on any atom is 0.322 e. The second-order valence-corrected chi connectivity index (χ2v) is 8.06. The van der Waals surface area contributed by atoms with E-state index < -0.39 is 5.82 Å². The van der Waals surface area contributed by atoms with Crippen molar-refractivity contribution in [3.8, 4) is 0 Å². The highest BCUT2D eigenvalue weighted by Crippen LogP contribution is 2.35. The highest BCUT2D eigenvalue weighted by Gasteiger charge is 2.41. The number of benzene rings is 2. The second-order valence-electron chi connectivity index (χ2n) is 8.06. The van der Waals surface area contributed by atoms with E-state index in [-0.39, 0.29) is 35.8 Å². The summed E-state index contributed by atoms with van der Waals surface area (Å²) < 4.78 is 13.9. The summed E-state index contributed by atoms with van der Waals surface area (Å²) in [6.07, 6.45) is 4.31. The Morgan fingerprint density at radius 2 is 1.66 bits per heavy atom. The number of anilines is 1. The molecule has 2 heterocycles. The van der Waals surface area contributed by atoms with Crippen molar-refractivity contribution >= 4 is 17.6 Å². The maximum atomic E-state index is 13.9. The lowest BCUT2D eigenvalue weighted by Crippen LogP contribution is -2.59. The summed E-state index contributed by atoms with van der Waals surface area (Å²) in [4.78, 5) is 27.3. The number of rotatable bonds is 3. The molecule has 2 atom stereocenters. The van der Waals surface area contributed by atoms with E-state index in [1.54, 1.807) is 18.2 Å². The summed E-state index contributed by atoms with van der Waals surface area (Å²) in [5.74, 6) is -0.511. The third-order valence-electron chi connectivity index (χ3n) is 5.97. The monoisotopic (exact) mass is 395 g/mol. The zero-order valence-corrected chi connectivity index (χ0v) is 16.5. The molecular formula is C23H26FN3O2. The van der Waals surface area contributed by atoms with Crippen LogP contribution in [0.1, 0.15) is 48.0 Å². The summed E-state index contributed by atoms with van der Waals surface area (Å²) in [7, 11) is 0. The molecule has 2 saturated heterocycles. The molecule has 0 aromatic heterocycles. The Hall–Kier alpha value is -2.89. The molecule has 6 heteroatoms. The number of carbonyl (C=O) groups is 2. The minimum atomic E-state index is -0.439. The van der Waals surface area contributed by atoms with Crippen LogP contribution >= 0.6 is 0 Å². The summed E-state index contributed by atoms with van der Waals surface area (Å²) in [6, 6.07) is 13.6. The molecule has 2 aliphatic heterocycles. The predicted octanol–water partition coefficient (Wildman–Crippen LogP) is 4.48. The molecule has 29 heavy (non-hydrogen) atoms. The highest BCUT2D eigenvalue weighted by atomic mass is 19.1. The zero-order chi connectivity index (χ0) is 20.4. The number of carbonyl (C=O) groups excluding carboxylic acids is 2. The Balaban J connectivity index is 1.42. The van der Waals surface area contributed by atoms with Gasteiger partial charge < -0.3 is 15.5 Å². The van der Waals surface area contributed by atoms with E-state index in [2.05, 4.69) is 10.6 Å². The lowest BCUT2D eigenvalue weighted by molar-refractivity contribution is 0.0576. The summed E-state index contributed by atoms with van der Waals surface area (Å²) in [6.45, 7) is 1.99. The van der Waals surface area contributed by atoms with Crippen molar-refractivity contribution in [2.75, 3.05) is 5.32 Å². The summed E-state index contributed by atoms with van der Waals surface area (Å²) in [5, 5.41) is 5.86. The number of nitrogens with one attached hydrogen (secondary N) is 2. The van der Waals surface area contributed by atoms with E-state index in [9.17, 15) is 14.0 Å². The Morgan fingerprint density at radius 3 is 2.31 bits per heavy atom. The largest absolute Gasteiger partial charge is 0.349 e. The van der Waals surface area contributed by atoms with Gasteiger partial charge in [-0.1, -0.05) is 29.8 Å². The Labute approximate surface area is 170 Å². The average Bonchev–Trinajstić information content (AvgIpc) is 2.69. The van der Waals surface area contributed by atoms with Gasteiger partial charge >= 0.3 is 6.03 Å². The molecule has 2 aromatic carbocycles. The van der Waals surface area contributed by atoms with Gasteiger partial charge in [0, 0.05) is 23.7 Å². The Morgan fingerprint density at radius 1 is 1.00 bits per heavy atom. The number of amides is 3. The molecule has 2 bridgehead atoms. The van der Waals surface area contributed by atoms with Crippen molar-refractivity contribution in [2.45, 2.75) is 57.2 Å². The predicted molar refractivity (Wildman–Crippen MR) is 110 cm³/mol. The normalized spacial score (nSPS) is 23.4. The van der Waals surface area contributed by atoms with Crippen LogP contribution in [0, 0.1) is 12.7 Å². The third-order valence-corrected chi connectivity index (χ3v) is 5.97. The average molecular weight is 395 g/mol. The molecule has 0 aliphatic carbocycles. The standard InChI is InChI=1S/C23H26FN3O2/c1-15-9-11-16(12-10-15)22(28)25-17-13-18-5-4-6-19(14-17)27(18)23(29)26-21-8-3-2-7-20(21)24/h2-3,7-12,17-19H,4-6,13-14H2,1H3,(H,25,28)(H,26,29). The van der Waals surface area contributed by atoms with Crippen LogP contribution in [0.4, 0.5) is 14.9 Å². The molecule has 152 valence electrons. The van der Waals surface area contributed by atoms with E-state index in [0.717, 1.165) is 37.7 Å². The molecule has 0 saturated carbocycles. The first kappa shape index (κ1) is 19.4.